The molecule has 0 spiro atoms. The molecule has 72 valence electrons. The first-order valence-electron chi connectivity index (χ1n) is 3.72. The minimum atomic E-state index is -1.15. The van der Waals surface area contributed by atoms with Gasteiger partial charge >= 0.3 is 0 Å². The summed E-state index contributed by atoms with van der Waals surface area (Å²) in [6.07, 6.45) is 1.59. The van der Waals surface area contributed by atoms with Crippen molar-refractivity contribution in [2.24, 2.45) is 0 Å². The molecular formula is C7H8Cl3NOSi. The Kier molecular flexibility index (Phi) is 3.85. The smallest absolute Gasteiger partial charge is 0.250 e. The molecule has 0 aliphatic carbocycles. The third-order valence-corrected chi connectivity index (χ3v) is 4.63. The van der Waals surface area contributed by atoms with Gasteiger partial charge in [0.25, 0.3) is 5.56 Å². The van der Waals surface area contributed by atoms with Crippen molar-refractivity contribution >= 4 is 44.3 Å². The minimum Gasteiger partial charge on any atom is -0.329 e. The highest BCUT2D eigenvalue weighted by molar-refractivity contribution is 6.87. The molecule has 6 heteroatoms. The summed E-state index contributed by atoms with van der Waals surface area (Å²) in [6, 6.07) is 4.12. The lowest BCUT2D eigenvalue weighted by atomic mass is 10.3. The zero-order valence-electron chi connectivity index (χ0n) is 6.69. The van der Waals surface area contributed by atoms with Crippen molar-refractivity contribution in [3.05, 3.63) is 34.2 Å². The summed E-state index contributed by atoms with van der Waals surface area (Å²) in [5.41, 5.74) is 0.602. The van der Waals surface area contributed by atoms with Crippen molar-refractivity contribution in [2.75, 3.05) is 0 Å². The van der Waals surface area contributed by atoms with Gasteiger partial charge in [-0.3, -0.25) is 4.79 Å². The molecule has 0 saturated heterocycles. The van der Waals surface area contributed by atoms with E-state index in [4.69, 9.17) is 34.8 Å². The molecular weight excluding hydrogens is 249 g/mol. The Balaban J connectivity index is 2.66. The third kappa shape index (κ3) is 4.18. The van der Waals surface area contributed by atoms with Crippen LogP contribution in [-0.4, -0.2) is 17.9 Å². The van der Waals surface area contributed by atoms with Gasteiger partial charge in [-0.2, -0.15) is 0 Å². The number of halogens is 3. The maximum Gasteiger partial charge on any atom is 0.250 e. The molecule has 1 heterocycles. The predicted molar refractivity (Wildman–Crippen MR) is 59.6 cm³/mol. The average molecular weight is 257 g/mol. The maximum atomic E-state index is 11.2. The summed E-state index contributed by atoms with van der Waals surface area (Å²) < 4.78 is -1.15. The molecule has 1 rings (SSSR count). The molecule has 0 aliphatic heterocycles. The van der Waals surface area contributed by atoms with E-state index in [1.807, 2.05) is 0 Å². The largest absolute Gasteiger partial charge is 0.329 e. The molecule has 0 bridgehead atoms. The average Bonchev–Trinajstić information content (AvgIpc) is 2.01. The zero-order valence-corrected chi connectivity index (χ0v) is 10.4. The Morgan fingerprint density at radius 3 is 2.69 bits per heavy atom. The van der Waals surface area contributed by atoms with Crippen LogP contribution in [0.4, 0.5) is 0 Å². The molecule has 0 fully saturated rings. The van der Waals surface area contributed by atoms with Crippen molar-refractivity contribution in [3.63, 3.8) is 0 Å². The van der Waals surface area contributed by atoms with Crippen molar-refractivity contribution in [2.45, 2.75) is 9.46 Å². The number of pyridine rings is 1. The second-order valence-corrected chi connectivity index (χ2v) is 8.56. The van der Waals surface area contributed by atoms with Crippen LogP contribution in [0.1, 0.15) is 5.56 Å². The van der Waals surface area contributed by atoms with Crippen LogP contribution < -0.4 is 5.56 Å². The van der Waals surface area contributed by atoms with Crippen LogP contribution >= 0.6 is 34.8 Å². The van der Waals surface area contributed by atoms with Crippen molar-refractivity contribution in [1.29, 1.82) is 0 Å². The fourth-order valence-electron chi connectivity index (χ4n) is 0.930. The summed E-state index contributed by atoms with van der Waals surface area (Å²) in [7, 11) is -0.894. The SMILES string of the molecule is O=c1[nH]cccc1C[SiH2]C(Cl)(Cl)Cl. The normalized spacial score (nSPS) is 12.5. The Morgan fingerprint density at radius 2 is 2.15 bits per heavy atom. The third-order valence-electron chi connectivity index (χ3n) is 1.58. The number of aromatic nitrogens is 1. The molecule has 13 heavy (non-hydrogen) atoms. The highest BCUT2D eigenvalue weighted by atomic mass is 35.6. The van der Waals surface area contributed by atoms with E-state index in [0.29, 0.717) is 11.6 Å². The van der Waals surface area contributed by atoms with Gasteiger partial charge in [0.15, 0.2) is 3.42 Å². The van der Waals surface area contributed by atoms with Gasteiger partial charge in [-0.1, -0.05) is 40.9 Å². The number of rotatable bonds is 2. The summed E-state index contributed by atoms with van der Waals surface area (Å²) in [5.74, 6) is 0. The van der Waals surface area contributed by atoms with Crippen LogP contribution in [0.15, 0.2) is 23.1 Å². The molecule has 1 aromatic rings. The Bertz CT molecular complexity index is 333. The first-order valence-corrected chi connectivity index (χ1v) is 6.56. The molecule has 0 unspecified atom stereocenters. The molecule has 1 N–H and O–H groups in total. The van der Waals surface area contributed by atoms with E-state index in [-0.39, 0.29) is 5.56 Å². The summed E-state index contributed by atoms with van der Waals surface area (Å²) in [6.45, 7) is 0. The van der Waals surface area contributed by atoms with Crippen LogP contribution in [0.25, 0.3) is 0 Å². The summed E-state index contributed by atoms with van der Waals surface area (Å²) in [5, 5.41) is 0. The standard InChI is InChI=1S/C7H8Cl3NOSi/c8-7(9,10)13-4-5-2-1-3-11-6(5)12/h1-3H,4,13H2,(H,11,12). The summed E-state index contributed by atoms with van der Waals surface area (Å²) >= 11 is 16.8. The lowest BCUT2D eigenvalue weighted by Crippen LogP contribution is -2.21. The van der Waals surface area contributed by atoms with Gasteiger partial charge in [-0.15, -0.1) is 0 Å². The molecule has 0 radical (unpaired) electrons. The van der Waals surface area contributed by atoms with E-state index in [0.717, 1.165) is 0 Å². The fraction of sp³-hybridized carbons (Fsp3) is 0.286. The molecule has 0 atom stereocenters. The van der Waals surface area contributed by atoms with E-state index in [9.17, 15) is 4.79 Å². The Morgan fingerprint density at radius 1 is 1.46 bits per heavy atom. The highest BCUT2D eigenvalue weighted by Crippen LogP contribution is 2.24. The maximum absolute atomic E-state index is 11.2. The van der Waals surface area contributed by atoms with E-state index in [1.165, 1.54) is 0 Å². The second-order valence-electron chi connectivity index (χ2n) is 2.64. The molecule has 0 aliphatic rings. The first kappa shape index (κ1) is 11.1. The Labute approximate surface area is 93.0 Å². The van der Waals surface area contributed by atoms with Crippen LogP contribution in [0.2, 0.25) is 0 Å². The lowest BCUT2D eigenvalue weighted by Gasteiger charge is -2.08. The molecule has 2 nitrogen and oxygen atoms in total. The van der Waals surface area contributed by atoms with Crippen molar-refractivity contribution in [1.82, 2.24) is 4.98 Å². The zero-order chi connectivity index (χ0) is 9.90. The quantitative estimate of drug-likeness (QED) is 0.629. The van der Waals surface area contributed by atoms with Crippen LogP contribution in [-0.2, 0) is 6.04 Å². The van der Waals surface area contributed by atoms with Crippen LogP contribution in [0.3, 0.4) is 0 Å². The number of hydrogen-bond acceptors (Lipinski definition) is 1. The van der Waals surface area contributed by atoms with Gasteiger partial charge in [0.2, 0.25) is 0 Å². The van der Waals surface area contributed by atoms with Crippen LogP contribution in [0, 0.1) is 0 Å². The van der Waals surface area contributed by atoms with E-state index >= 15 is 0 Å². The number of hydrogen-bond donors (Lipinski definition) is 1. The predicted octanol–water partition coefficient (Wildman–Crippen LogP) is 1.37. The first-order chi connectivity index (χ1) is 5.99. The molecule has 1 aromatic heterocycles. The number of nitrogens with one attached hydrogen (secondary N) is 1. The van der Waals surface area contributed by atoms with Gasteiger partial charge in [0.1, 0.15) is 0 Å². The van der Waals surface area contributed by atoms with Gasteiger partial charge in [-0.25, -0.2) is 0 Å². The fourth-order valence-corrected chi connectivity index (χ4v) is 2.73. The highest BCUT2D eigenvalue weighted by Gasteiger charge is 2.20. The van der Waals surface area contributed by atoms with Crippen molar-refractivity contribution < 1.29 is 0 Å². The monoisotopic (exact) mass is 255 g/mol. The number of H-pyrrole nitrogens is 1. The lowest BCUT2D eigenvalue weighted by molar-refractivity contribution is 1.16. The minimum absolute atomic E-state index is 0.0933. The van der Waals surface area contributed by atoms with E-state index in [2.05, 4.69) is 4.98 Å². The topological polar surface area (TPSA) is 32.9 Å². The number of alkyl halides is 3. The van der Waals surface area contributed by atoms with Crippen LogP contribution in [0.5, 0.6) is 0 Å². The molecule has 0 saturated carbocycles. The molecule has 0 amide bonds. The van der Waals surface area contributed by atoms with E-state index < -0.39 is 12.9 Å². The van der Waals surface area contributed by atoms with E-state index in [1.54, 1.807) is 18.3 Å². The number of aromatic amines is 1. The van der Waals surface area contributed by atoms with Gasteiger partial charge < -0.3 is 4.98 Å². The van der Waals surface area contributed by atoms with Gasteiger partial charge in [-0.05, 0) is 12.1 Å². The van der Waals surface area contributed by atoms with Gasteiger partial charge in [0, 0.05) is 11.8 Å². The summed E-state index contributed by atoms with van der Waals surface area (Å²) in [4.78, 5) is 13.7. The van der Waals surface area contributed by atoms with Gasteiger partial charge in [0.05, 0.1) is 9.52 Å². The Hall–Kier alpha value is 0.0369. The second kappa shape index (κ2) is 4.51. The van der Waals surface area contributed by atoms with Crippen molar-refractivity contribution in [3.8, 4) is 0 Å². The molecule has 0 aromatic carbocycles.